The zero-order valence-electron chi connectivity index (χ0n) is 5.76. The third-order valence-electron chi connectivity index (χ3n) is 1.87. The van der Waals surface area contributed by atoms with Crippen molar-refractivity contribution in [2.45, 2.75) is 31.6 Å². The number of aliphatic hydroxyl groups is 2. The number of hydrogen-bond acceptors (Lipinski definition) is 3. The molecule has 0 amide bonds. The second-order valence-electron chi connectivity index (χ2n) is 3.11. The summed E-state index contributed by atoms with van der Waals surface area (Å²) in [5.74, 6) is 0. The molecule has 0 aromatic carbocycles. The molecule has 3 heteroatoms. The normalized spacial score (nSPS) is 41.3. The Balaban J connectivity index is 2.62. The van der Waals surface area contributed by atoms with Crippen molar-refractivity contribution in [3.8, 4) is 0 Å². The van der Waals surface area contributed by atoms with E-state index in [4.69, 9.17) is 5.11 Å². The van der Waals surface area contributed by atoms with Crippen molar-refractivity contribution < 1.29 is 10.2 Å². The van der Waals surface area contributed by atoms with Crippen LogP contribution in [0.15, 0.2) is 0 Å². The van der Waals surface area contributed by atoms with E-state index in [1.165, 1.54) is 0 Å². The smallest absolute Gasteiger partial charge is 0.0987 e. The van der Waals surface area contributed by atoms with Gasteiger partial charge in [-0.15, -0.1) is 0 Å². The van der Waals surface area contributed by atoms with Crippen molar-refractivity contribution in [3.63, 3.8) is 0 Å². The molecule has 0 bridgehead atoms. The molecule has 9 heavy (non-hydrogen) atoms. The zero-order chi connectivity index (χ0) is 7.07. The summed E-state index contributed by atoms with van der Waals surface area (Å²) in [6.07, 6.45) is -1.22. The van der Waals surface area contributed by atoms with Crippen LogP contribution in [-0.4, -0.2) is 34.5 Å². The van der Waals surface area contributed by atoms with Gasteiger partial charge in [0.05, 0.1) is 12.2 Å². The van der Waals surface area contributed by atoms with Crippen LogP contribution in [0.1, 0.15) is 13.8 Å². The van der Waals surface area contributed by atoms with Crippen molar-refractivity contribution in [2.24, 2.45) is 0 Å². The van der Waals surface area contributed by atoms with Crippen LogP contribution in [0.5, 0.6) is 0 Å². The summed E-state index contributed by atoms with van der Waals surface area (Å²) in [7, 11) is 0. The van der Waals surface area contributed by atoms with Crippen molar-refractivity contribution in [2.75, 3.05) is 6.54 Å². The fraction of sp³-hybridized carbons (Fsp3) is 1.00. The van der Waals surface area contributed by atoms with Gasteiger partial charge in [-0.05, 0) is 13.8 Å². The summed E-state index contributed by atoms with van der Waals surface area (Å²) in [5.41, 5.74) is -0.320. The summed E-state index contributed by atoms with van der Waals surface area (Å²) in [6, 6.07) is 0. The van der Waals surface area contributed by atoms with Gasteiger partial charge in [-0.25, -0.2) is 0 Å². The summed E-state index contributed by atoms with van der Waals surface area (Å²) in [5, 5.41) is 21.2. The molecule has 3 N–H and O–H groups in total. The highest BCUT2D eigenvalue weighted by Crippen LogP contribution is 2.18. The molecule has 0 unspecified atom stereocenters. The molecule has 1 saturated heterocycles. The highest BCUT2D eigenvalue weighted by molar-refractivity contribution is 4.97. The van der Waals surface area contributed by atoms with E-state index in [0.717, 1.165) is 0 Å². The second-order valence-corrected chi connectivity index (χ2v) is 3.11. The fourth-order valence-electron chi connectivity index (χ4n) is 1.06. The van der Waals surface area contributed by atoms with Gasteiger partial charge >= 0.3 is 0 Å². The molecular weight excluding hydrogens is 118 g/mol. The van der Waals surface area contributed by atoms with Crippen LogP contribution in [-0.2, 0) is 0 Å². The van der Waals surface area contributed by atoms with Crippen molar-refractivity contribution in [1.29, 1.82) is 0 Å². The Hall–Kier alpha value is -0.120. The minimum Gasteiger partial charge on any atom is -0.389 e. The van der Waals surface area contributed by atoms with E-state index in [0.29, 0.717) is 6.54 Å². The van der Waals surface area contributed by atoms with Gasteiger partial charge in [0.25, 0.3) is 0 Å². The SMILES string of the molecule is CC1(C)NC[C@@H](O)[C@H]1O. The lowest BCUT2D eigenvalue weighted by molar-refractivity contribution is 0.0210. The number of rotatable bonds is 0. The quantitative estimate of drug-likeness (QED) is 0.399. The van der Waals surface area contributed by atoms with E-state index in [2.05, 4.69) is 5.32 Å². The lowest BCUT2D eigenvalue weighted by atomic mass is 9.99. The predicted octanol–water partition coefficient (Wildman–Crippen LogP) is -0.910. The molecule has 54 valence electrons. The Labute approximate surface area is 54.7 Å². The van der Waals surface area contributed by atoms with Crippen LogP contribution >= 0.6 is 0 Å². The molecule has 1 aliphatic heterocycles. The number of hydrogen-bond donors (Lipinski definition) is 3. The molecule has 1 aliphatic rings. The van der Waals surface area contributed by atoms with Crippen LogP contribution in [0.3, 0.4) is 0 Å². The summed E-state index contributed by atoms with van der Waals surface area (Å²) < 4.78 is 0. The van der Waals surface area contributed by atoms with Crippen molar-refractivity contribution >= 4 is 0 Å². The van der Waals surface area contributed by atoms with Gasteiger partial charge in [0.15, 0.2) is 0 Å². The first-order valence-electron chi connectivity index (χ1n) is 3.15. The molecule has 0 aromatic heterocycles. The van der Waals surface area contributed by atoms with Gasteiger partial charge in [-0.3, -0.25) is 0 Å². The molecule has 0 saturated carbocycles. The van der Waals surface area contributed by atoms with E-state index in [9.17, 15) is 5.11 Å². The Kier molecular flexibility index (Phi) is 1.50. The molecule has 3 nitrogen and oxygen atoms in total. The maximum Gasteiger partial charge on any atom is 0.0987 e. The van der Waals surface area contributed by atoms with Gasteiger partial charge in [-0.2, -0.15) is 0 Å². The minimum absolute atomic E-state index is 0.320. The van der Waals surface area contributed by atoms with E-state index in [-0.39, 0.29) is 5.54 Å². The van der Waals surface area contributed by atoms with Crippen LogP contribution in [0.4, 0.5) is 0 Å². The van der Waals surface area contributed by atoms with Crippen molar-refractivity contribution in [3.05, 3.63) is 0 Å². The molecule has 0 radical (unpaired) electrons. The molecule has 0 spiro atoms. The first kappa shape index (κ1) is 6.99. The molecule has 0 aromatic rings. The molecule has 1 heterocycles. The molecular formula is C6H13NO2. The molecule has 0 aliphatic carbocycles. The third kappa shape index (κ3) is 1.08. The summed E-state index contributed by atoms with van der Waals surface area (Å²) >= 11 is 0. The number of nitrogens with one attached hydrogen (secondary N) is 1. The number of β-amino-alcohol motifs (C(OH)–C–C–N with tert-alkyl or cyclic N) is 1. The monoisotopic (exact) mass is 131 g/mol. The topological polar surface area (TPSA) is 52.5 Å². The van der Waals surface area contributed by atoms with E-state index in [1.807, 2.05) is 13.8 Å². The Bertz CT molecular complexity index is 114. The Morgan fingerprint density at radius 3 is 2.11 bits per heavy atom. The van der Waals surface area contributed by atoms with Gasteiger partial charge < -0.3 is 15.5 Å². The van der Waals surface area contributed by atoms with Crippen LogP contribution in [0, 0.1) is 0 Å². The lowest BCUT2D eigenvalue weighted by Crippen LogP contribution is -2.42. The summed E-state index contributed by atoms with van der Waals surface area (Å²) in [4.78, 5) is 0. The van der Waals surface area contributed by atoms with Gasteiger partial charge in [0.2, 0.25) is 0 Å². The lowest BCUT2D eigenvalue weighted by Gasteiger charge is -2.22. The maximum absolute atomic E-state index is 9.21. The standard InChI is InChI=1S/C6H13NO2/c1-6(2)5(9)4(8)3-7-6/h4-5,7-9H,3H2,1-2H3/t4-,5-/m1/s1. The largest absolute Gasteiger partial charge is 0.389 e. The highest BCUT2D eigenvalue weighted by atomic mass is 16.3. The molecule has 2 atom stereocenters. The molecule has 1 fully saturated rings. The average molecular weight is 131 g/mol. The van der Waals surface area contributed by atoms with Crippen LogP contribution in [0.2, 0.25) is 0 Å². The third-order valence-corrected chi connectivity index (χ3v) is 1.87. The fourth-order valence-corrected chi connectivity index (χ4v) is 1.06. The number of aliphatic hydroxyl groups excluding tert-OH is 2. The Morgan fingerprint density at radius 2 is 2.00 bits per heavy atom. The van der Waals surface area contributed by atoms with Crippen LogP contribution < -0.4 is 5.32 Å². The zero-order valence-corrected chi connectivity index (χ0v) is 5.76. The van der Waals surface area contributed by atoms with Crippen molar-refractivity contribution in [1.82, 2.24) is 5.32 Å². The Morgan fingerprint density at radius 1 is 1.44 bits per heavy atom. The van der Waals surface area contributed by atoms with E-state index < -0.39 is 12.2 Å². The second kappa shape index (κ2) is 1.94. The first-order valence-corrected chi connectivity index (χ1v) is 3.15. The minimum atomic E-state index is -0.627. The van der Waals surface area contributed by atoms with Gasteiger partial charge in [0, 0.05) is 12.1 Å². The first-order chi connectivity index (χ1) is 4.04. The maximum atomic E-state index is 9.21. The summed E-state index contributed by atoms with van der Waals surface area (Å²) in [6.45, 7) is 4.23. The average Bonchev–Trinajstić information content (AvgIpc) is 1.97. The van der Waals surface area contributed by atoms with Crippen LogP contribution in [0.25, 0.3) is 0 Å². The molecule has 1 rings (SSSR count). The van der Waals surface area contributed by atoms with Gasteiger partial charge in [-0.1, -0.05) is 0 Å². The highest BCUT2D eigenvalue weighted by Gasteiger charge is 2.39. The predicted molar refractivity (Wildman–Crippen MR) is 34.1 cm³/mol. The van der Waals surface area contributed by atoms with Gasteiger partial charge in [0.1, 0.15) is 0 Å². The van der Waals surface area contributed by atoms with E-state index >= 15 is 0 Å². The van der Waals surface area contributed by atoms with E-state index in [1.54, 1.807) is 0 Å².